The molecule has 0 amide bonds. The van der Waals surface area contributed by atoms with E-state index in [-0.39, 0.29) is 0 Å². The van der Waals surface area contributed by atoms with E-state index in [1.165, 1.54) is 65.7 Å². The van der Waals surface area contributed by atoms with Crippen molar-refractivity contribution in [3.05, 3.63) is 120 Å². The maximum absolute atomic E-state index is 2.38. The van der Waals surface area contributed by atoms with Gasteiger partial charge in [-0.15, -0.1) is 0 Å². The zero-order valence-corrected chi connectivity index (χ0v) is 17.1. The molecule has 31 heavy (non-hydrogen) atoms. The molecule has 0 fully saturated rings. The Bertz CT molecular complexity index is 1650. The Morgan fingerprint density at radius 2 is 1.13 bits per heavy atom. The Morgan fingerprint density at radius 1 is 0.419 bits per heavy atom. The third-order valence-electron chi connectivity index (χ3n) is 6.89. The van der Waals surface area contributed by atoms with Crippen LogP contribution >= 0.6 is 0 Å². The van der Waals surface area contributed by atoms with Crippen molar-refractivity contribution in [1.82, 2.24) is 0 Å². The van der Waals surface area contributed by atoms with E-state index in [1.54, 1.807) is 0 Å². The summed E-state index contributed by atoms with van der Waals surface area (Å²) in [6.45, 7) is 0. The van der Waals surface area contributed by atoms with Crippen LogP contribution in [0.2, 0.25) is 0 Å². The molecule has 144 valence electrons. The first-order valence-corrected chi connectivity index (χ1v) is 10.9. The predicted molar refractivity (Wildman–Crippen MR) is 133 cm³/mol. The summed E-state index contributed by atoms with van der Waals surface area (Å²) in [6, 6.07) is 40.2. The molecule has 7 rings (SSSR count). The number of hydrogen-bond donors (Lipinski definition) is 0. The van der Waals surface area contributed by atoms with Crippen LogP contribution in [0, 0.1) is 0 Å². The summed E-state index contributed by atoms with van der Waals surface area (Å²) in [5.74, 6) is 0. The summed E-state index contributed by atoms with van der Waals surface area (Å²) in [6.07, 6.45) is 1.01. The van der Waals surface area contributed by atoms with Gasteiger partial charge in [-0.25, -0.2) is 0 Å². The SMILES string of the molecule is c1ccc2c(c1)Cc1c-2ccc2cccc(-c3cc4ccccc4c4ccccc34)c12. The molecule has 0 radical (unpaired) electrons. The maximum Gasteiger partial charge on any atom is -0.000706 e. The van der Waals surface area contributed by atoms with Gasteiger partial charge in [-0.2, -0.15) is 0 Å². The molecule has 0 saturated carbocycles. The lowest BCUT2D eigenvalue weighted by Crippen LogP contribution is -1.90. The third-order valence-corrected chi connectivity index (χ3v) is 6.89. The summed E-state index contributed by atoms with van der Waals surface area (Å²) in [5.41, 5.74) is 8.33. The highest BCUT2D eigenvalue weighted by Crippen LogP contribution is 2.45. The fourth-order valence-corrected chi connectivity index (χ4v) is 5.52. The zero-order chi connectivity index (χ0) is 20.4. The van der Waals surface area contributed by atoms with Crippen molar-refractivity contribution in [3.63, 3.8) is 0 Å². The lowest BCUT2D eigenvalue weighted by Gasteiger charge is -2.15. The average molecular weight is 393 g/mol. The van der Waals surface area contributed by atoms with Crippen molar-refractivity contribution in [2.24, 2.45) is 0 Å². The minimum atomic E-state index is 1.01. The van der Waals surface area contributed by atoms with Gasteiger partial charge in [0.1, 0.15) is 0 Å². The molecule has 0 bridgehead atoms. The van der Waals surface area contributed by atoms with Crippen molar-refractivity contribution in [1.29, 1.82) is 0 Å². The molecule has 1 aliphatic rings. The minimum absolute atomic E-state index is 1.01. The first-order valence-electron chi connectivity index (χ1n) is 10.9. The van der Waals surface area contributed by atoms with Crippen LogP contribution in [0.15, 0.2) is 109 Å². The van der Waals surface area contributed by atoms with E-state index in [0.717, 1.165) is 6.42 Å². The van der Waals surface area contributed by atoms with Gasteiger partial charge >= 0.3 is 0 Å². The van der Waals surface area contributed by atoms with E-state index >= 15 is 0 Å². The van der Waals surface area contributed by atoms with Crippen LogP contribution in [0.25, 0.3) is 54.6 Å². The molecule has 6 aromatic carbocycles. The lowest BCUT2D eigenvalue weighted by molar-refractivity contribution is 1.28. The summed E-state index contributed by atoms with van der Waals surface area (Å²) >= 11 is 0. The Labute approximate surface area is 181 Å². The van der Waals surface area contributed by atoms with E-state index in [1.807, 2.05) is 0 Å². The molecule has 0 unspecified atom stereocenters. The van der Waals surface area contributed by atoms with Crippen LogP contribution in [0.3, 0.4) is 0 Å². The average Bonchev–Trinajstić information content (AvgIpc) is 3.22. The maximum atomic E-state index is 2.38. The van der Waals surface area contributed by atoms with Crippen molar-refractivity contribution in [2.75, 3.05) is 0 Å². The molecule has 0 atom stereocenters. The van der Waals surface area contributed by atoms with Crippen LogP contribution in [0.4, 0.5) is 0 Å². The van der Waals surface area contributed by atoms with Crippen LogP contribution in [-0.2, 0) is 6.42 Å². The quantitative estimate of drug-likeness (QED) is 0.246. The Kier molecular flexibility index (Phi) is 3.42. The van der Waals surface area contributed by atoms with E-state index in [4.69, 9.17) is 0 Å². The number of rotatable bonds is 1. The highest BCUT2D eigenvalue weighted by atomic mass is 14.3. The minimum Gasteiger partial charge on any atom is -0.0619 e. The largest absolute Gasteiger partial charge is 0.0619 e. The molecule has 0 saturated heterocycles. The van der Waals surface area contributed by atoms with Crippen LogP contribution < -0.4 is 0 Å². The molecular formula is C31H20. The molecule has 0 N–H and O–H groups in total. The third kappa shape index (κ3) is 2.36. The smallest absolute Gasteiger partial charge is 0.000706 e. The van der Waals surface area contributed by atoms with Crippen molar-refractivity contribution >= 4 is 32.3 Å². The highest BCUT2D eigenvalue weighted by molar-refractivity contribution is 6.17. The summed E-state index contributed by atoms with van der Waals surface area (Å²) in [7, 11) is 0. The second-order valence-corrected chi connectivity index (χ2v) is 8.52. The van der Waals surface area contributed by atoms with E-state index < -0.39 is 0 Å². The number of fused-ring (bicyclic) bond motifs is 8. The van der Waals surface area contributed by atoms with Crippen molar-refractivity contribution in [2.45, 2.75) is 6.42 Å². The second-order valence-electron chi connectivity index (χ2n) is 8.52. The van der Waals surface area contributed by atoms with Crippen molar-refractivity contribution in [3.8, 4) is 22.3 Å². The van der Waals surface area contributed by atoms with Gasteiger partial charge in [-0.1, -0.05) is 103 Å². The van der Waals surface area contributed by atoms with Gasteiger partial charge < -0.3 is 0 Å². The van der Waals surface area contributed by atoms with Gasteiger partial charge in [-0.05, 0) is 78.2 Å². The number of benzene rings is 6. The second kappa shape index (κ2) is 6.30. The monoisotopic (exact) mass is 392 g/mol. The Morgan fingerprint density at radius 3 is 2.06 bits per heavy atom. The standard InChI is InChI=1S/C31H20/c1-3-11-23-21(8-1)18-29(26-14-6-5-13-25(23)26)28-15-7-10-20-16-17-27-24-12-4-2-9-22(24)19-30(27)31(20)28/h1-18H,19H2. The fraction of sp³-hybridized carbons (Fsp3) is 0.0323. The first kappa shape index (κ1) is 16.8. The van der Waals surface area contributed by atoms with Crippen molar-refractivity contribution < 1.29 is 0 Å². The van der Waals surface area contributed by atoms with Gasteiger partial charge in [0.15, 0.2) is 0 Å². The van der Waals surface area contributed by atoms with Gasteiger partial charge in [0.25, 0.3) is 0 Å². The molecule has 0 nitrogen and oxygen atoms in total. The molecule has 6 aromatic rings. The Hall–Kier alpha value is -3.90. The Balaban J connectivity index is 1.62. The molecule has 0 spiro atoms. The van der Waals surface area contributed by atoms with E-state index in [2.05, 4.69) is 109 Å². The number of hydrogen-bond acceptors (Lipinski definition) is 0. The predicted octanol–water partition coefficient (Wildman–Crippen LogP) is 8.38. The molecule has 0 heteroatoms. The first-order chi connectivity index (χ1) is 15.4. The van der Waals surface area contributed by atoms with Gasteiger partial charge in [0.05, 0.1) is 0 Å². The molecule has 0 heterocycles. The van der Waals surface area contributed by atoms with E-state index in [9.17, 15) is 0 Å². The summed E-state index contributed by atoms with van der Waals surface area (Å²) in [4.78, 5) is 0. The van der Waals surface area contributed by atoms with Gasteiger partial charge in [-0.3, -0.25) is 0 Å². The highest BCUT2D eigenvalue weighted by Gasteiger charge is 2.22. The molecule has 1 aliphatic carbocycles. The molecule has 0 aliphatic heterocycles. The molecule has 0 aromatic heterocycles. The topological polar surface area (TPSA) is 0 Å². The van der Waals surface area contributed by atoms with E-state index in [0.29, 0.717) is 0 Å². The van der Waals surface area contributed by atoms with Crippen LogP contribution in [-0.4, -0.2) is 0 Å². The van der Waals surface area contributed by atoms with Gasteiger partial charge in [0.2, 0.25) is 0 Å². The van der Waals surface area contributed by atoms with Crippen LogP contribution in [0.5, 0.6) is 0 Å². The van der Waals surface area contributed by atoms with Crippen LogP contribution in [0.1, 0.15) is 11.1 Å². The zero-order valence-electron chi connectivity index (χ0n) is 17.1. The lowest BCUT2D eigenvalue weighted by atomic mass is 9.88. The normalized spacial score (nSPS) is 12.4. The summed E-state index contributed by atoms with van der Waals surface area (Å²) in [5, 5.41) is 7.98. The fourth-order valence-electron chi connectivity index (χ4n) is 5.52. The molecular weight excluding hydrogens is 372 g/mol. The van der Waals surface area contributed by atoms with Gasteiger partial charge in [0, 0.05) is 0 Å². The summed E-state index contributed by atoms with van der Waals surface area (Å²) < 4.78 is 0.